The van der Waals surface area contributed by atoms with Crippen molar-refractivity contribution in [3.05, 3.63) is 53.9 Å². The van der Waals surface area contributed by atoms with Gasteiger partial charge in [-0.1, -0.05) is 12.1 Å². The van der Waals surface area contributed by atoms with E-state index < -0.39 is 6.10 Å². The van der Waals surface area contributed by atoms with E-state index >= 15 is 0 Å². The van der Waals surface area contributed by atoms with Gasteiger partial charge >= 0.3 is 0 Å². The molecule has 2 rings (SSSR count). The molecule has 0 bridgehead atoms. The molecule has 0 aliphatic heterocycles. The SMILES string of the molecule is COc1cccc(OC)c1C(O)C(CN)c1ccccn1. The zero-order valence-corrected chi connectivity index (χ0v) is 12.2. The van der Waals surface area contributed by atoms with Crippen molar-refractivity contribution in [3.8, 4) is 11.5 Å². The van der Waals surface area contributed by atoms with Crippen molar-refractivity contribution in [2.24, 2.45) is 5.73 Å². The number of methoxy groups -OCH3 is 2. The second-order valence-electron chi connectivity index (χ2n) is 4.62. The molecule has 2 atom stereocenters. The standard InChI is InChI=1S/C16H20N2O3/c1-20-13-7-5-8-14(21-2)15(13)16(19)11(10-17)12-6-3-4-9-18-12/h3-9,11,16,19H,10,17H2,1-2H3. The predicted octanol–water partition coefficient (Wildman–Crippen LogP) is 1.87. The van der Waals surface area contributed by atoms with Crippen LogP contribution >= 0.6 is 0 Å². The summed E-state index contributed by atoms with van der Waals surface area (Å²) >= 11 is 0. The molecule has 0 saturated heterocycles. The lowest BCUT2D eigenvalue weighted by Gasteiger charge is -2.24. The van der Waals surface area contributed by atoms with Gasteiger partial charge in [-0.25, -0.2) is 0 Å². The van der Waals surface area contributed by atoms with E-state index in [1.54, 1.807) is 32.5 Å². The lowest BCUT2D eigenvalue weighted by Crippen LogP contribution is -2.22. The van der Waals surface area contributed by atoms with E-state index in [0.29, 0.717) is 17.1 Å². The van der Waals surface area contributed by atoms with Gasteiger partial charge in [0.1, 0.15) is 11.5 Å². The first-order chi connectivity index (χ1) is 10.2. The van der Waals surface area contributed by atoms with Crippen LogP contribution in [0.1, 0.15) is 23.3 Å². The maximum absolute atomic E-state index is 10.8. The first-order valence-corrected chi connectivity index (χ1v) is 6.72. The van der Waals surface area contributed by atoms with E-state index in [4.69, 9.17) is 15.2 Å². The molecule has 5 heteroatoms. The molecule has 112 valence electrons. The van der Waals surface area contributed by atoms with Crippen LogP contribution < -0.4 is 15.2 Å². The molecule has 0 saturated carbocycles. The van der Waals surface area contributed by atoms with Crippen LogP contribution in [0.4, 0.5) is 0 Å². The van der Waals surface area contributed by atoms with Crippen LogP contribution in [0.5, 0.6) is 11.5 Å². The largest absolute Gasteiger partial charge is 0.496 e. The zero-order valence-electron chi connectivity index (χ0n) is 12.2. The Morgan fingerprint density at radius 2 is 1.76 bits per heavy atom. The molecule has 1 heterocycles. The van der Waals surface area contributed by atoms with Crippen LogP contribution in [-0.4, -0.2) is 30.9 Å². The Balaban J connectivity index is 2.45. The Morgan fingerprint density at radius 1 is 1.10 bits per heavy atom. The molecule has 3 N–H and O–H groups in total. The van der Waals surface area contributed by atoms with Crippen LogP contribution in [0.2, 0.25) is 0 Å². The van der Waals surface area contributed by atoms with E-state index in [9.17, 15) is 5.11 Å². The molecule has 2 aromatic rings. The Labute approximate surface area is 124 Å². The van der Waals surface area contributed by atoms with Gasteiger partial charge in [0.15, 0.2) is 0 Å². The Kier molecular flexibility index (Phi) is 5.14. The molecular weight excluding hydrogens is 268 g/mol. The lowest BCUT2D eigenvalue weighted by atomic mass is 9.91. The normalized spacial score (nSPS) is 13.5. The molecule has 0 aliphatic rings. The summed E-state index contributed by atoms with van der Waals surface area (Å²) in [6.45, 7) is 0.263. The number of nitrogens with zero attached hydrogens (tertiary/aromatic N) is 1. The number of hydrogen-bond acceptors (Lipinski definition) is 5. The topological polar surface area (TPSA) is 77.6 Å². The molecule has 0 fully saturated rings. The highest BCUT2D eigenvalue weighted by molar-refractivity contribution is 5.47. The quantitative estimate of drug-likeness (QED) is 0.848. The summed E-state index contributed by atoms with van der Waals surface area (Å²) < 4.78 is 10.7. The van der Waals surface area contributed by atoms with Crippen LogP contribution in [0.3, 0.4) is 0 Å². The molecule has 5 nitrogen and oxygen atoms in total. The van der Waals surface area contributed by atoms with Crippen molar-refractivity contribution < 1.29 is 14.6 Å². The van der Waals surface area contributed by atoms with Gasteiger partial charge in [-0.2, -0.15) is 0 Å². The highest BCUT2D eigenvalue weighted by Gasteiger charge is 2.28. The van der Waals surface area contributed by atoms with Gasteiger partial charge in [0.25, 0.3) is 0 Å². The van der Waals surface area contributed by atoms with Crippen molar-refractivity contribution in [1.29, 1.82) is 0 Å². The summed E-state index contributed by atoms with van der Waals surface area (Å²) in [5.41, 5.74) is 7.17. The number of aliphatic hydroxyl groups excluding tert-OH is 1. The van der Waals surface area contributed by atoms with Crippen molar-refractivity contribution >= 4 is 0 Å². The highest BCUT2D eigenvalue weighted by Crippen LogP contribution is 2.40. The monoisotopic (exact) mass is 288 g/mol. The average Bonchev–Trinajstić information content (AvgIpc) is 2.55. The smallest absolute Gasteiger partial charge is 0.128 e. The number of ether oxygens (including phenoxy) is 2. The summed E-state index contributed by atoms with van der Waals surface area (Å²) in [6.07, 6.45) is 0.820. The predicted molar refractivity (Wildman–Crippen MR) is 80.5 cm³/mol. The zero-order chi connectivity index (χ0) is 15.2. The average molecular weight is 288 g/mol. The molecule has 1 aromatic heterocycles. The molecule has 0 radical (unpaired) electrons. The first kappa shape index (κ1) is 15.3. The van der Waals surface area contributed by atoms with Crippen molar-refractivity contribution in [2.75, 3.05) is 20.8 Å². The summed E-state index contributed by atoms with van der Waals surface area (Å²) in [7, 11) is 3.12. The third-order valence-electron chi connectivity index (χ3n) is 3.46. The Morgan fingerprint density at radius 3 is 2.24 bits per heavy atom. The fourth-order valence-electron chi connectivity index (χ4n) is 2.38. The van der Waals surface area contributed by atoms with Crippen molar-refractivity contribution in [1.82, 2.24) is 4.98 Å². The van der Waals surface area contributed by atoms with E-state index in [1.807, 2.05) is 24.3 Å². The fraction of sp³-hybridized carbons (Fsp3) is 0.312. The van der Waals surface area contributed by atoms with Crippen molar-refractivity contribution in [2.45, 2.75) is 12.0 Å². The van der Waals surface area contributed by atoms with Gasteiger partial charge in [-0.3, -0.25) is 4.98 Å². The number of aliphatic hydroxyl groups is 1. The molecule has 0 aliphatic carbocycles. The van der Waals surface area contributed by atoms with Gasteiger partial charge in [0.05, 0.1) is 25.9 Å². The van der Waals surface area contributed by atoms with E-state index in [-0.39, 0.29) is 12.5 Å². The summed E-state index contributed by atoms with van der Waals surface area (Å²) in [5, 5.41) is 10.8. The lowest BCUT2D eigenvalue weighted by molar-refractivity contribution is 0.138. The van der Waals surface area contributed by atoms with Crippen molar-refractivity contribution in [3.63, 3.8) is 0 Å². The maximum Gasteiger partial charge on any atom is 0.128 e. The number of rotatable bonds is 6. The second-order valence-corrected chi connectivity index (χ2v) is 4.62. The Bertz CT molecular complexity index is 553. The fourth-order valence-corrected chi connectivity index (χ4v) is 2.38. The molecule has 0 amide bonds. The summed E-state index contributed by atoms with van der Waals surface area (Å²) in [6, 6.07) is 10.9. The van der Waals surface area contributed by atoms with Crippen LogP contribution in [0.15, 0.2) is 42.6 Å². The minimum atomic E-state index is -0.865. The van der Waals surface area contributed by atoms with Crippen LogP contribution in [0.25, 0.3) is 0 Å². The third kappa shape index (κ3) is 3.15. The first-order valence-electron chi connectivity index (χ1n) is 6.72. The molecular formula is C16H20N2O3. The molecule has 21 heavy (non-hydrogen) atoms. The van der Waals surface area contributed by atoms with E-state index in [2.05, 4.69) is 4.98 Å². The number of hydrogen-bond donors (Lipinski definition) is 2. The number of benzene rings is 1. The minimum absolute atomic E-state index is 0.263. The number of aromatic nitrogens is 1. The van der Waals surface area contributed by atoms with Gasteiger partial charge in [0.2, 0.25) is 0 Å². The molecule has 1 aromatic carbocycles. The maximum atomic E-state index is 10.8. The second kappa shape index (κ2) is 7.06. The van der Waals surface area contributed by atoms with Gasteiger partial charge in [-0.15, -0.1) is 0 Å². The van der Waals surface area contributed by atoms with Gasteiger partial charge in [-0.05, 0) is 24.3 Å². The minimum Gasteiger partial charge on any atom is -0.496 e. The van der Waals surface area contributed by atoms with Gasteiger partial charge < -0.3 is 20.3 Å². The summed E-state index contributed by atoms with van der Waals surface area (Å²) in [5.74, 6) is 0.795. The summed E-state index contributed by atoms with van der Waals surface area (Å²) in [4.78, 5) is 4.29. The number of pyridine rings is 1. The van der Waals surface area contributed by atoms with Crippen LogP contribution in [0, 0.1) is 0 Å². The highest BCUT2D eigenvalue weighted by atomic mass is 16.5. The van der Waals surface area contributed by atoms with Crippen LogP contribution in [-0.2, 0) is 0 Å². The molecule has 0 spiro atoms. The van der Waals surface area contributed by atoms with E-state index in [0.717, 1.165) is 5.69 Å². The Hall–Kier alpha value is -2.11. The third-order valence-corrected chi connectivity index (χ3v) is 3.46. The molecule has 2 unspecified atom stereocenters. The number of nitrogens with two attached hydrogens (primary N) is 1. The van der Waals surface area contributed by atoms with Gasteiger partial charge in [0, 0.05) is 24.4 Å². The van der Waals surface area contributed by atoms with E-state index in [1.165, 1.54) is 0 Å².